The molecular weight excluding hydrogens is 233 g/mol. The standard InChI is InChI=1S/C11H13F3N2O/c1-7(2)16-10(15)8-3-5-9(6-4-8)17-11(12,13)14/h3-7H,1-2H3,(H2,15,16). The Kier molecular flexibility index (Phi) is 3.98. The largest absolute Gasteiger partial charge is 0.573 e. The second-order valence-corrected chi connectivity index (χ2v) is 3.68. The zero-order valence-corrected chi connectivity index (χ0v) is 9.45. The lowest BCUT2D eigenvalue weighted by Gasteiger charge is -2.09. The van der Waals surface area contributed by atoms with Crippen molar-refractivity contribution in [3.63, 3.8) is 0 Å². The van der Waals surface area contributed by atoms with E-state index in [0.717, 1.165) is 0 Å². The number of benzene rings is 1. The Labute approximate surface area is 97.1 Å². The Bertz CT molecular complexity index is 396. The molecule has 17 heavy (non-hydrogen) atoms. The van der Waals surface area contributed by atoms with E-state index in [1.165, 1.54) is 24.3 Å². The van der Waals surface area contributed by atoms with Crippen molar-refractivity contribution in [1.29, 1.82) is 0 Å². The van der Waals surface area contributed by atoms with E-state index in [0.29, 0.717) is 11.4 Å². The van der Waals surface area contributed by atoms with Crippen LogP contribution in [0.5, 0.6) is 5.75 Å². The number of amidine groups is 1. The number of aliphatic imine (C=N–C) groups is 1. The highest BCUT2D eigenvalue weighted by atomic mass is 19.4. The van der Waals surface area contributed by atoms with E-state index in [1.54, 1.807) is 0 Å². The predicted octanol–water partition coefficient (Wildman–Crippen LogP) is 2.70. The molecule has 0 radical (unpaired) electrons. The van der Waals surface area contributed by atoms with Crippen LogP contribution in [-0.4, -0.2) is 18.2 Å². The van der Waals surface area contributed by atoms with Gasteiger partial charge in [-0.2, -0.15) is 0 Å². The maximum atomic E-state index is 11.9. The fourth-order valence-electron chi connectivity index (χ4n) is 1.18. The molecule has 0 spiro atoms. The summed E-state index contributed by atoms with van der Waals surface area (Å²) in [6.07, 6.45) is -4.68. The first kappa shape index (κ1) is 13.3. The van der Waals surface area contributed by atoms with Crippen LogP contribution in [0.25, 0.3) is 0 Å². The van der Waals surface area contributed by atoms with Crippen molar-refractivity contribution < 1.29 is 17.9 Å². The minimum absolute atomic E-state index is 0.0288. The molecule has 0 atom stereocenters. The average Bonchev–Trinajstić information content (AvgIpc) is 2.15. The molecule has 1 rings (SSSR count). The van der Waals surface area contributed by atoms with Crippen molar-refractivity contribution in [3.8, 4) is 5.75 Å². The maximum absolute atomic E-state index is 11.9. The third-order valence-electron chi connectivity index (χ3n) is 1.78. The SMILES string of the molecule is CC(C)N=C(N)c1ccc(OC(F)(F)F)cc1. The molecule has 1 aromatic rings. The summed E-state index contributed by atoms with van der Waals surface area (Å²) in [6.45, 7) is 3.71. The normalized spacial score (nSPS) is 12.9. The van der Waals surface area contributed by atoms with Gasteiger partial charge in [0.2, 0.25) is 0 Å². The van der Waals surface area contributed by atoms with E-state index >= 15 is 0 Å². The topological polar surface area (TPSA) is 47.6 Å². The molecule has 0 unspecified atom stereocenters. The van der Waals surface area contributed by atoms with Crippen molar-refractivity contribution in [2.24, 2.45) is 10.7 Å². The first-order valence-corrected chi connectivity index (χ1v) is 4.97. The molecule has 0 fully saturated rings. The fourth-order valence-corrected chi connectivity index (χ4v) is 1.18. The summed E-state index contributed by atoms with van der Waals surface area (Å²) in [7, 11) is 0. The summed E-state index contributed by atoms with van der Waals surface area (Å²) in [5.74, 6) is 0.0113. The lowest BCUT2D eigenvalue weighted by atomic mass is 10.2. The Hall–Kier alpha value is -1.72. The van der Waals surface area contributed by atoms with Crippen LogP contribution in [0.4, 0.5) is 13.2 Å². The zero-order chi connectivity index (χ0) is 13.1. The smallest absolute Gasteiger partial charge is 0.406 e. The van der Waals surface area contributed by atoms with Crippen LogP contribution in [0.2, 0.25) is 0 Å². The molecule has 0 aromatic heterocycles. The van der Waals surface area contributed by atoms with Gasteiger partial charge in [0.25, 0.3) is 0 Å². The highest BCUT2D eigenvalue weighted by Gasteiger charge is 2.30. The summed E-state index contributed by atoms with van der Waals surface area (Å²) in [4.78, 5) is 4.08. The van der Waals surface area contributed by atoms with Crippen LogP contribution in [-0.2, 0) is 0 Å². The molecule has 0 heterocycles. The van der Waals surface area contributed by atoms with Gasteiger partial charge in [-0.15, -0.1) is 13.2 Å². The summed E-state index contributed by atoms with van der Waals surface area (Å²) < 4.78 is 39.4. The van der Waals surface area contributed by atoms with Crippen LogP contribution in [0.15, 0.2) is 29.3 Å². The van der Waals surface area contributed by atoms with E-state index in [2.05, 4.69) is 9.73 Å². The number of nitrogens with two attached hydrogens (primary N) is 1. The van der Waals surface area contributed by atoms with Crippen molar-refractivity contribution in [2.75, 3.05) is 0 Å². The number of hydrogen-bond donors (Lipinski definition) is 1. The van der Waals surface area contributed by atoms with Crippen molar-refractivity contribution in [1.82, 2.24) is 0 Å². The van der Waals surface area contributed by atoms with Gasteiger partial charge in [0.1, 0.15) is 11.6 Å². The van der Waals surface area contributed by atoms with Gasteiger partial charge in [-0.1, -0.05) is 0 Å². The third-order valence-corrected chi connectivity index (χ3v) is 1.78. The monoisotopic (exact) mass is 246 g/mol. The molecule has 3 nitrogen and oxygen atoms in total. The molecule has 0 amide bonds. The molecule has 0 aliphatic heterocycles. The lowest BCUT2D eigenvalue weighted by molar-refractivity contribution is -0.274. The average molecular weight is 246 g/mol. The number of nitrogens with zero attached hydrogens (tertiary/aromatic N) is 1. The Morgan fingerprint density at radius 1 is 1.24 bits per heavy atom. The molecule has 0 aliphatic rings. The van der Waals surface area contributed by atoms with Crippen molar-refractivity contribution >= 4 is 5.84 Å². The van der Waals surface area contributed by atoms with Gasteiger partial charge in [-0.25, -0.2) is 0 Å². The Morgan fingerprint density at radius 3 is 2.18 bits per heavy atom. The van der Waals surface area contributed by atoms with Crippen LogP contribution in [0.3, 0.4) is 0 Å². The molecular formula is C11H13F3N2O. The first-order chi connectivity index (χ1) is 7.78. The predicted molar refractivity (Wildman–Crippen MR) is 59.0 cm³/mol. The molecule has 0 bridgehead atoms. The quantitative estimate of drug-likeness (QED) is 0.658. The molecule has 0 saturated carbocycles. The van der Waals surface area contributed by atoms with E-state index in [-0.39, 0.29) is 11.8 Å². The molecule has 1 aromatic carbocycles. The summed E-state index contributed by atoms with van der Waals surface area (Å²) >= 11 is 0. The van der Waals surface area contributed by atoms with E-state index in [9.17, 15) is 13.2 Å². The number of rotatable bonds is 3. The second-order valence-electron chi connectivity index (χ2n) is 3.68. The van der Waals surface area contributed by atoms with Gasteiger partial charge in [0, 0.05) is 11.6 Å². The maximum Gasteiger partial charge on any atom is 0.573 e. The highest BCUT2D eigenvalue weighted by Crippen LogP contribution is 2.22. The van der Waals surface area contributed by atoms with Crippen LogP contribution in [0.1, 0.15) is 19.4 Å². The summed E-state index contributed by atoms with van der Waals surface area (Å²) in [5, 5.41) is 0. The zero-order valence-electron chi connectivity index (χ0n) is 9.45. The van der Waals surface area contributed by atoms with Gasteiger partial charge in [-0.3, -0.25) is 4.99 Å². The van der Waals surface area contributed by atoms with Crippen LogP contribution in [0, 0.1) is 0 Å². The van der Waals surface area contributed by atoms with Gasteiger partial charge in [-0.05, 0) is 38.1 Å². The molecule has 2 N–H and O–H groups in total. The Morgan fingerprint density at radius 2 is 1.76 bits per heavy atom. The first-order valence-electron chi connectivity index (χ1n) is 4.97. The van der Waals surface area contributed by atoms with E-state index in [1.807, 2.05) is 13.8 Å². The van der Waals surface area contributed by atoms with Gasteiger partial charge >= 0.3 is 6.36 Å². The van der Waals surface area contributed by atoms with Gasteiger partial charge < -0.3 is 10.5 Å². The minimum Gasteiger partial charge on any atom is -0.406 e. The lowest BCUT2D eigenvalue weighted by Crippen LogP contribution is -2.18. The summed E-state index contributed by atoms with van der Waals surface area (Å²) in [6, 6.07) is 5.29. The molecule has 0 saturated heterocycles. The molecule has 94 valence electrons. The highest BCUT2D eigenvalue weighted by molar-refractivity contribution is 5.97. The molecule has 6 heteroatoms. The third kappa shape index (κ3) is 4.76. The Balaban J connectivity index is 2.82. The second kappa shape index (κ2) is 5.07. The van der Waals surface area contributed by atoms with Crippen LogP contribution < -0.4 is 10.5 Å². The minimum atomic E-state index is -4.68. The van der Waals surface area contributed by atoms with Gasteiger partial charge in [0.05, 0.1) is 0 Å². The number of ether oxygens (including phenoxy) is 1. The summed E-state index contributed by atoms with van der Waals surface area (Å²) in [5.41, 5.74) is 6.22. The number of halogens is 3. The number of hydrogen-bond acceptors (Lipinski definition) is 2. The molecule has 0 aliphatic carbocycles. The van der Waals surface area contributed by atoms with Crippen LogP contribution >= 0.6 is 0 Å². The fraction of sp³-hybridized carbons (Fsp3) is 0.364. The van der Waals surface area contributed by atoms with Gasteiger partial charge in [0.15, 0.2) is 0 Å². The van der Waals surface area contributed by atoms with E-state index < -0.39 is 6.36 Å². The number of alkyl halides is 3. The van der Waals surface area contributed by atoms with Crippen molar-refractivity contribution in [3.05, 3.63) is 29.8 Å². The van der Waals surface area contributed by atoms with Crippen molar-refractivity contribution in [2.45, 2.75) is 26.3 Å². The van der Waals surface area contributed by atoms with E-state index in [4.69, 9.17) is 5.73 Å².